The quantitative estimate of drug-likeness (QED) is 0.774. The molecule has 1 aliphatic heterocycles. The van der Waals surface area contributed by atoms with E-state index in [4.69, 9.17) is 9.26 Å². The molecule has 1 aliphatic rings. The topological polar surface area (TPSA) is 60.2 Å². The third-order valence-corrected chi connectivity index (χ3v) is 2.88. The minimum absolute atomic E-state index is 0.496. The zero-order valence-electron chi connectivity index (χ0n) is 8.98. The van der Waals surface area contributed by atoms with Crippen LogP contribution in [-0.4, -0.2) is 35.9 Å². The summed E-state index contributed by atoms with van der Waals surface area (Å²) >= 11 is 0. The predicted octanol–water partition coefficient (Wildman–Crippen LogP) is 0.627. The molecule has 1 fully saturated rings. The predicted molar refractivity (Wildman–Crippen MR) is 54.4 cm³/mol. The molecule has 1 aromatic heterocycles. The average molecular weight is 211 g/mol. The largest absolute Gasteiger partial charge is 0.381 e. The number of aromatic nitrogens is 2. The summed E-state index contributed by atoms with van der Waals surface area (Å²) in [6.45, 7) is 4.86. The van der Waals surface area contributed by atoms with Gasteiger partial charge >= 0.3 is 0 Å². The van der Waals surface area contributed by atoms with Crippen molar-refractivity contribution in [1.82, 2.24) is 15.5 Å². The number of ether oxygens (including phenoxy) is 1. The Morgan fingerprint density at radius 3 is 3.27 bits per heavy atom. The Morgan fingerprint density at radius 2 is 2.60 bits per heavy atom. The lowest BCUT2D eigenvalue weighted by Crippen LogP contribution is -2.35. The van der Waals surface area contributed by atoms with Crippen LogP contribution in [0.5, 0.6) is 0 Å². The van der Waals surface area contributed by atoms with Crippen LogP contribution in [0.4, 0.5) is 0 Å². The Hall–Kier alpha value is -0.940. The molecule has 15 heavy (non-hydrogen) atoms. The second-order valence-electron chi connectivity index (χ2n) is 3.95. The number of hydrogen-bond acceptors (Lipinski definition) is 5. The Balaban J connectivity index is 1.64. The van der Waals surface area contributed by atoms with Crippen molar-refractivity contribution in [3.63, 3.8) is 0 Å². The van der Waals surface area contributed by atoms with Crippen LogP contribution in [0.3, 0.4) is 0 Å². The Morgan fingerprint density at radius 1 is 1.67 bits per heavy atom. The zero-order valence-corrected chi connectivity index (χ0v) is 8.98. The first-order valence-corrected chi connectivity index (χ1v) is 5.43. The highest BCUT2D eigenvalue weighted by Crippen LogP contribution is 2.16. The summed E-state index contributed by atoms with van der Waals surface area (Å²) < 4.78 is 10.3. The molecule has 2 unspecified atom stereocenters. The highest BCUT2D eigenvalue weighted by atomic mass is 16.5. The fourth-order valence-corrected chi connectivity index (χ4v) is 1.83. The third-order valence-electron chi connectivity index (χ3n) is 2.88. The monoisotopic (exact) mass is 211 g/mol. The van der Waals surface area contributed by atoms with Crippen LogP contribution in [-0.2, 0) is 11.2 Å². The van der Waals surface area contributed by atoms with Crippen LogP contribution >= 0.6 is 0 Å². The molecule has 1 N–H and O–H groups in total. The Kier molecular flexibility index (Phi) is 3.69. The number of nitrogens with zero attached hydrogens (tertiary/aromatic N) is 2. The van der Waals surface area contributed by atoms with Gasteiger partial charge in [-0.15, -0.1) is 0 Å². The van der Waals surface area contributed by atoms with E-state index in [1.165, 1.54) is 6.33 Å². The van der Waals surface area contributed by atoms with Gasteiger partial charge in [0.25, 0.3) is 0 Å². The normalized spacial score (nSPS) is 23.1. The summed E-state index contributed by atoms with van der Waals surface area (Å²) in [5.74, 6) is 1.34. The molecule has 0 bridgehead atoms. The summed E-state index contributed by atoms with van der Waals surface area (Å²) in [6.07, 6.45) is 3.39. The van der Waals surface area contributed by atoms with Crippen molar-refractivity contribution in [1.29, 1.82) is 0 Å². The lowest BCUT2D eigenvalue weighted by atomic mass is 10.0. The van der Waals surface area contributed by atoms with Crippen LogP contribution in [0, 0.1) is 5.92 Å². The maximum absolute atomic E-state index is 5.35. The minimum atomic E-state index is 0.496. The Bertz CT molecular complexity index is 270. The number of hydrogen-bond donors (Lipinski definition) is 1. The van der Waals surface area contributed by atoms with Gasteiger partial charge in [0.1, 0.15) is 0 Å². The van der Waals surface area contributed by atoms with E-state index in [9.17, 15) is 0 Å². The lowest BCUT2D eigenvalue weighted by Gasteiger charge is -2.18. The van der Waals surface area contributed by atoms with E-state index < -0.39 is 0 Å². The van der Waals surface area contributed by atoms with E-state index in [2.05, 4.69) is 22.4 Å². The molecule has 5 heteroatoms. The van der Waals surface area contributed by atoms with Crippen LogP contribution in [0.1, 0.15) is 19.2 Å². The second-order valence-corrected chi connectivity index (χ2v) is 3.95. The lowest BCUT2D eigenvalue weighted by molar-refractivity contribution is 0.178. The summed E-state index contributed by atoms with van der Waals surface area (Å²) in [7, 11) is 0. The van der Waals surface area contributed by atoms with Crippen molar-refractivity contribution >= 4 is 0 Å². The van der Waals surface area contributed by atoms with E-state index in [0.29, 0.717) is 17.9 Å². The molecule has 2 atom stereocenters. The van der Waals surface area contributed by atoms with Gasteiger partial charge in [-0.2, -0.15) is 4.98 Å². The molecule has 0 radical (unpaired) electrons. The van der Waals surface area contributed by atoms with Crippen LogP contribution in [0.15, 0.2) is 10.9 Å². The van der Waals surface area contributed by atoms with Gasteiger partial charge in [0, 0.05) is 25.6 Å². The van der Waals surface area contributed by atoms with Crippen molar-refractivity contribution in [2.45, 2.75) is 25.8 Å². The molecule has 0 aliphatic carbocycles. The molecular formula is C10H17N3O2. The number of rotatable bonds is 5. The van der Waals surface area contributed by atoms with Crippen LogP contribution < -0.4 is 5.32 Å². The minimum Gasteiger partial charge on any atom is -0.381 e. The van der Waals surface area contributed by atoms with Gasteiger partial charge < -0.3 is 14.6 Å². The highest BCUT2D eigenvalue weighted by Gasteiger charge is 2.21. The second kappa shape index (κ2) is 5.23. The van der Waals surface area contributed by atoms with Gasteiger partial charge in [-0.25, -0.2) is 0 Å². The van der Waals surface area contributed by atoms with Gasteiger partial charge in [0.15, 0.2) is 6.33 Å². The molecule has 0 saturated carbocycles. The van der Waals surface area contributed by atoms with Crippen molar-refractivity contribution in [2.75, 3.05) is 19.8 Å². The molecule has 1 aromatic rings. The molecule has 0 aromatic carbocycles. The third kappa shape index (κ3) is 3.00. The molecule has 1 saturated heterocycles. The first kappa shape index (κ1) is 10.6. The Labute approximate surface area is 89.2 Å². The summed E-state index contributed by atoms with van der Waals surface area (Å²) in [4.78, 5) is 3.97. The van der Waals surface area contributed by atoms with Crippen molar-refractivity contribution < 1.29 is 9.26 Å². The van der Waals surface area contributed by atoms with Crippen molar-refractivity contribution in [2.24, 2.45) is 5.92 Å². The molecular weight excluding hydrogens is 194 g/mol. The van der Waals surface area contributed by atoms with Crippen molar-refractivity contribution in [3.05, 3.63) is 12.2 Å². The summed E-state index contributed by atoms with van der Waals surface area (Å²) in [5, 5.41) is 7.02. The van der Waals surface area contributed by atoms with Gasteiger partial charge in [-0.1, -0.05) is 5.16 Å². The summed E-state index contributed by atoms with van der Waals surface area (Å²) in [5.41, 5.74) is 0. The van der Waals surface area contributed by atoms with E-state index in [-0.39, 0.29) is 0 Å². The van der Waals surface area contributed by atoms with E-state index in [0.717, 1.165) is 32.6 Å². The van der Waals surface area contributed by atoms with Crippen LogP contribution in [0.2, 0.25) is 0 Å². The molecule has 0 amide bonds. The standard InChI is InChI=1S/C10H17N3O2/c1-8(9-3-5-14-6-9)11-4-2-10-12-7-13-15-10/h7-9,11H,2-6H2,1H3. The van der Waals surface area contributed by atoms with Gasteiger partial charge in [0.05, 0.1) is 6.61 Å². The van der Waals surface area contributed by atoms with E-state index >= 15 is 0 Å². The van der Waals surface area contributed by atoms with Gasteiger partial charge in [-0.3, -0.25) is 0 Å². The van der Waals surface area contributed by atoms with Crippen molar-refractivity contribution in [3.8, 4) is 0 Å². The molecule has 2 rings (SSSR count). The average Bonchev–Trinajstić information content (AvgIpc) is 2.90. The molecule has 84 valence electrons. The summed E-state index contributed by atoms with van der Waals surface area (Å²) in [6, 6.07) is 0.496. The smallest absolute Gasteiger partial charge is 0.227 e. The molecule has 5 nitrogen and oxygen atoms in total. The van der Waals surface area contributed by atoms with Gasteiger partial charge in [-0.05, 0) is 19.3 Å². The fraction of sp³-hybridized carbons (Fsp3) is 0.800. The zero-order chi connectivity index (χ0) is 10.5. The first-order chi connectivity index (χ1) is 7.36. The van der Waals surface area contributed by atoms with E-state index in [1.807, 2.05) is 0 Å². The fourth-order valence-electron chi connectivity index (χ4n) is 1.83. The first-order valence-electron chi connectivity index (χ1n) is 5.43. The number of nitrogens with one attached hydrogen (secondary N) is 1. The highest BCUT2D eigenvalue weighted by molar-refractivity contribution is 4.79. The SMILES string of the molecule is CC(NCCc1ncno1)C1CCOC1. The maximum Gasteiger partial charge on any atom is 0.227 e. The molecule has 0 spiro atoms. The van der Waals surface area contributed by atoms with Crippen LogP contribution in [0.25, 0.3) is 0 Å². The van der Waals surface area contributed by atoms with E-state index in [1.54, 1.807) is 0 Å². The van der Waals surface area contributed by atoms with Gasteiger partial charge in [0.2, 0.25) is 5.89 Å². The maximum atomic E-state index is 5.35. The molecule has 2 heterocycles.